The van der Waals surface area contributed by atoms with Gasteiger partial charge in [-0.3, -0.25) is 0 Å². The Hall–Kier alpha value is -1.16. The maximum atomic E-state index is 5.67. The molecule has 0 amide bonds. The molecule has 4 heteroatoms. The Bertz CT molecular complexity index is 374. The second kappa shape index (κ2) is 5.45. The molecular weight excluding hydrogens is 212 g/mol. The second-order valence-corrected chi connectivity index (χ2v) is 4.89. The summed E-state index contributed by atoms with van der Waals surface area (Å²) in [7, 11) is 0. The molecule has 1 heterocycles. The summed E-state index contributed by atoms with van der Waals surface area (Å²) in [5, 5.41) is 0. The van der Waals surface area contributed by atoms with Crippen molar-refractivity contribution in [2.75, 3.05) is 18.0 Å². The van der Waals surface area contributed by atoms with Crippen LogP contribution in [0.5, 0.6) is 0 Å². The van der Waals surface area contributed by atoms with E-state index in [0.717, 1.165) is 42.8 Å². The lowest BCUT2D eigenvalue weighted by molar-refractivity contribution is 0.683. The Morgan fingerprint density at radius 1 is 1.41 bits per heavy atom. The van der Waals surface area contributed by atoms with Gasteiger partial charge in [0.2, 0.25) is 5.95 Å². The molecule has 0 atom stereocenters. The van der Waals surface area contributed by atoms with Crippen LogP contribution in [-0.2, 0) is 6.54 Å². The Kier molecular flexibility index (Phi) is 3.94. The SMILES string of the molecule is CCCN(CC1CC1)c1nc(C)cc(CN)n1. The van der Waals surface area contributed by atoms with E-state index in [1.54, 1.807) is 0 Å². The van der Waals surface area contributed by atoms with Crippen LogP contribution in [0.3, 0.4) is 0 Å². The molecule has 1 fully saturated rings. The number of aryl methyl sites for hydroxylation is 1. The molecule has 1 saturated carbocycles. The van der Waals surface area contributed by atoms with Crippen LogP contribution >= 0.6 is 0 Å². The Morgan fingerprint density at radius 2 is 2.18 bits per heavy atom. The zero-order valence-corrected chi connectivity index (χ0v) is 10.8. The van der Waals surface area contributed by atoms with Crippen LogP contribution in [0.25, 0.3) is 0 Å². The van der Waals surface area contributed by atoms with Gasteiger partial charge in [0.05, 0.1) is 5.69 Å². The van der Waals surface area contributed by atoms with E-state index >= 15 is 0 Å². The number of aromatic nitrogens is 2. The van der Waals surface area contributed by atoms with Gasteiger partial charge in [0, 0.05) is 25.3 Å². The molecule has 2 N–H and O–H groups in total. The molecule has 17 heavy (non-hydrogen) atoms. The maximum absolute atomic E-state index is 5.67. The van der Waals surface area contributed by atoms with Gasteiger partial charge in [0.15, 0.2) is 0 Å². The van der Waals surface area contributed by atoms with E-state index in [1.165, 1.54) is 12.8 Å². The Labute approximate surface area is 103 Å². The summed E-state index contributed by atoms with van der Waals surface area (Å²) in [6.07, 6.45) is 3.84. The van der Waals surface area contributed by atoms with Gasteiger partial charge in [-0.25, -0.2) is 9.97 Å². The van der Waals surface area contributed by atoms with E-state index in [4.69, 9.17) is 5.73 Å². The van der Waals surface area contributed by atoms with Gasteiger partial charge >= 0.3 is 0 Å². The third kappa shape index (κ3) is 3.40. The van der Waals surface area contributed by atoms with Crippen LogP contribution in [0.4, 0.5) is 5.95 Å². The van der Waals surface area contributed by atoms with Crippen molar-refractivity contribution in [1.82, 2.24) is 9.97 Å². The number of hydrogen-bond acceptors (Lipinski definition) is 4. The first-order chi connectivity index (χ1) is 8.22. The number of nitrogens with two attached hydrogens (primary N) is 1. The second-order valence-electron chi connectivity index (χ2n) is 4.89. The molecule has 0 saturated heterocycles. The topological polar surface area (TPSA) is 55.0 Å². The third-order valence-corrected chi connectivity index (χ3v) is 3.06. The lowest BCUT2D eigenvalue weighted by Crippen LogP contribution is -2.29. The summed E-state index contributed by atoms with van der Waals surface area (Å²) in [6, 6.07) is 1.96. The predicted octanol–water partition coefficient (Wildman–Crippen LogP) is 1.87. The lowest BCUT2D eigenvalue weighted by atomic mass is 10.3. The molecule has 0 unspecified atom stereocenters. The molecule has 4 nitrogen and oxygen atoms in total. The zero-order chi connectivity index (χ0) is 12.3. The fourth-order valence-corrected chi connectivity index (χ4v) is 2.02. The standard InChI is InChI=1S/C13H22N4/c1-3-6-17(9-11-4-5-11)13-15-10(2)7-12(8-14)16-13/h7,11H,3-6,8-9,14H2,1-2H3. The van der Waals surface area contributed by atoms with E-state index in [1.807, 2.05) is 13.0 Å². The van der Waals surface area contributed by atoms with Crippen LogP contribution in [-0.4, -0.2) is 23.1 Å². The van der Waals surface area contributed by atoms with Crippen molar-refractivity contribution in [3.05, 3.63) is 17.5 Å². The molecule has 1 aliphatic carbocycles. The summed E-state index contributed by atoms with van der Waals surface area (Å²) >= 11 is 0. The molecule has 0 aromatic carbocycles. The minimum Gasteiger partial charge on any atom is -0.341 e. The molecule has 1 aliphatic rings. The molecule has 0 radical (unpaired) electrons. The van der Waals surface area contributed by atoms with Gasteiger partial charge in [0.1, 0.15) is 0 Å². The normalized spacial score (nSPS) is 15.0. The first-order valence-corrected chi connectivity index (χ1v) is 6.52. The molecule has 94 valence electrons. The van der Waals surface area contributed by atoms with Crippen LogP contribution in [0, 0.1) is 12.8 Å². The minimum absolute atomic E-state index is 0.486. The number of anilines is 1. The largest absolute Gasteiger partial charge is 0.341 e. The highest BCUT2D eigenvalue weighted by Gasteiger charge is 2.25. The van der Waals surface area contributed by atoms with Crippen molar-refractivity contribution in [3.63, 3.8) is 0 Å². The summed E-state index contributed by atoms with van der Waals surface area (Å²) in [5.41, 5.74) is 7.61. The summed E-state index contributed by atoms with van der Waals surface area (Å²) < 4.78 is 0. The van der Waals surface area contributed by atoms with Gasteiger partial charge in [-0.2, -0.15) is 0 Å². The van der Waals surface area contributed by atoms with Gasteiger partial charge < -0.3 is 10.6 Å². The third-order valence-electron chi connectivity index (χ3n) is 3.06. The Morgan fingerprint density at radius 3 is 2.76 bits per heavy atom. The fourth-order valence-electron chi connectivity index (χ4n) is 2.02. The van der Waals surface area contributed by atoms with Crippen LogP contribution in [0.2, 0.25) is 0 Å². The molecule has 0 bridgehead atoms. The monoisotopic (exact) mass is 234 g/mol. The highest BCUT2D eigenvalue weighted by atomic mass is 15.3. The minimum atomic E-state index is 0.486. The first kappa shape index (κ1) is 12.3. The van der Waals surface area contributed by atoms with Crippen molar-refractivity contribution in [1.29, 1.82) is 0 Å². The number of rotatable bonds is 6. The molecule has 1 aromatic rings. The average Bonchev–Trinajstić information content (AvgIpc) is 3.11. The van der Waals surface area contributed by atoms with Crippen LogP contribution in [0.15, 0.2) is 6.07 Å². The predicted molar refractivity (Wildman–Crippen MR) is 69.9 cm³/mol. The molecule has 2 rings (SSSR count). The van der Waals surface area contributed by atoms with Gasteiger partial charge in [-0.05, 0) is 38.2 Å². The van der Waals surface area contributed by atoms with E-state index in [2.05, 4.69) is 21.8 Å². The van der Waals surface area contributed by atoms with Crippen molar-refractivity contribution in [3.8, 4) is 0 Å². The van der Waals surface area contributed by atoms with E-state index in [-0.39, 0.29) is 0 Å². The molecule has 0 aliphatic heterocycles. The van der Waals surface area contributed by atoms with E-state index < -0.39 is 0 Å². The van der Waals surface area contributed by atoms with Crippen molar-refractivity contribution in [2.24, 2.45) is 11.7 Å². The smallest absolute Gasteiger partial charge is 0.225 e. The molecular formula is C13H22N4. The van der Waals surface area contributed by atoms with Gasteiger partial charge in [-0.15, -0.1) is 0 Å². The van der Waals surface area contributed by atoms with Crippen molar-refractivity contribution >= 4 is 5.95 Å². The maximum Gasteiger partial charge on any atom is 0.225 e. The van der Waals surface area contributed by atoms with Crippen LogP contribution < -0.4 is 10.6 Å². The quantitative estimate of drug-likeness (QED) is 0.816. The summed E-state index contributed by atoms with van der Waals surface area (Å²) in [6.45, 7) is 6.82. The number of nitrogens with zero attached hydrogens (tertiary/aromatic N) is 3. The molecule has 0 spiro atoms. The van der Waals surface area contributed by atoms with E-state index in [0.29, 0.717) is 6.54 Å². The lowest BCUT2D eigenvalue weighted by Gasteiger charge is -2.22. The average molecular weight is 234 g/mol. The van der Waals surface area contributed by atoms with Crippen molar-refractivity contribution < 1.29 is 0 Å². The number of hydrogen-bond donors (Lipinski definition) is 1. The zero-order valence-electron chi connectivity index (χ0n) is 10.8. The first-order valence-electron chi connectivity index (χ1n) is 6.52. The fraction of sp³-hybridized carbons (Fsp3) is 0.692. The van der Waals surface area contributed by atoms with Gasteiger partial charge in [-0.1, -0.05) is 6.92 Å². The van der Waals surface area contributed by atoms with Crippen LogP contribution in [0.1, 0.15) is 37.6 Å². The highest BCUT2D eigenvalue weighted by Crippen LogP contribution is 2.30. The Balaban J connectivity index is 2.17. The van der Waals surface area contributed by atoms with Gasteiger partial charge in [0.25, 0.3) is 0 Å². The highest BCUT2D eigenvalue weighted by molar-refractivity contribution is 5.32. The summed E-state index contributed by atoms with van der Waals surface area (Å²) in [4.78, 5) is 11.4. The van der Waals surface area contributed by atoms with Crippen molar-refractivity contribution in [2.45, 2.75) is 39.7 Å². The molecule has 1 aromatic heterocycles. The van der Waals surface area contributed by atoms with E-state index in [9.17, 15) is 0 Å². The summed E-state index contributed by atoms with van der Waals surface area (Å²) in [5.74, 6) is 1.71.